The Bertz CT molecular complexity index is 718. The molecule has 0 saturated carbocycles. The first-order chi connectivity index (χ1) is 10.6. The van der Waals surface area contributed by atoms with E-state index in [1.54, 1.807) is 6.07 Å². The molecule has 0 aliphatic carbocycles. The Hall–Kier alpha value is -1.73. The van der Waals surface area contributed by atoms with Gasteiger partial charge in [0.05, 0.1) is 23.9 Å². The van der Waals surface area contributed by atoms with Crippen molar-refractivity contribution in [1.82, 2.24) is 14.9 Å². The monoisotopic (exact) mass is 321 g/mol. The van der Waals surface area contributed by atoms with Crippen molar-refractivity contribution in [3.05, 3.63) is 28.1 Å². The van der Waals surface area contributed by atoms with Gasteiger partial charge >= 0.3 is 0 Å². The van der Waals surface area contributed by atoms with E-state index in [0.29, 0.717) is 11.9 Å². The molecule has 1 aliphatic rings. The molecule has 3 heterocycles. The van der Waals surface area contributed by atoms with E-state index >= 15 is 0 Å². The molecule has 1 amide bonds. The number of aromatic nitrogens is 2. The fourth-order valence-electron chi connectivity index (χ4n) is 2.69. The molecule has 0 spiro atoms. The molecule has 1 aliphatic heterocycles. The van der Waals surface area contributed by atoms with Crippen LogP contribution >= 0.6 is 11.3 Å². The standard InChI is InChI=1S/C15H19N3O3S/c1-10(12-3-2-7-21-12)17-13(19)4-6-18-9-16-14-11(15(18)20)5-8-22-14/h5,8-10,12H,2-4,6-7H2,1H3,(H,17,19)/t10-,12+/m1/s1. The topological polar surface area (TPSA) is 73.2 Å². The van der Waals surface area contributed by atoms with Gasteiger partial charge < -0.3 is 10.1 Å². The summed E-state index contributed by atoms with van der Waals surface area (Å²) in [5.74, 6) is -0.0692. The lowest BCUT2D eigenvalue weighted by Crippen LogP contribution is -2.41. The smallest absolute Gasteiger partial charge is 0.262 e. The molecular formula is C15H19N3O3S. The van der Waals surface area contributed by atoms with Gasteiger partial charge in [-0.05, 0) is 31.2 Å². The molecule has 6 nitrogen and oxygen atoms in total. The number of hydrogen-bond donors (Lipinski definition) is 1. The van der Waals surface area contributed by atoms with Crippen molar-refractivity contribution in [1.29, 1.82) is 0 Å². The molecule has 2 aromatic rings. The first kappa shape index (κ1) is 15.2. The number of thiophene rings is 1. The van der Waals surface area contributed by atoms with Crippen LogP contribution in [0, 0.1) is 0 Å². The fourth-order valence-corrected chi connectivity index (χ4v) is 3.41. The van der Waals surface area contributed by atoms with Gasteiger partial charge in [0.15, 0.2) is 0 Å². The number of nitrogens with one attached hydrogen (secondary N) is 1. The highest BCUT2D eigenvalue weighted by atomic mass is 32.1. The van der Waals surface area contributed by atoms with Crippen LogP contribution in [0.4, 0.5) is 0 Å². The van der Waals surface area contributed by atoms with Gasteiger partial charge in [-0.15, -0.1) is 11.3 Å². The van der Waals surface area contributed by atoms with Crippen LogP contribution in [0.5, 0.6) is 0 Å². The van der Waals surface area contributed by atoms with Gasteiger partial charge in [-0.3, -0.25) is 14.2 Å². The van der Waals surface area contributed by atoms with Crippen molar-refractivity contribution in [3.8, 4) is 0 Å². The van der Waals surface area contributed by atoms with Crippen molar-refractivity contribution >= 4 is 27.5 Å². The summed E-state index contributed by atoms with van der Waals surface area (Å²) in [6.07, 6.45) is 3.91. The maximum Gasteiger partial charge on any atom is 0.262 e. The Kier molecular flexibility index (Phi) is 4.54. The normalized spacial score (nSPS) is 19.4. The average molecular weight is 321 g/mol. The average Bonchev–Trinajstić information content (AvgIpc) is 3.18. The summed E-state index contributed by atoms with van der Waals surface area (Å²) in [5, 5.41) is 5.40. The van der Waals surface area contributed by atoms with Gasteiger partial charge in [0.25, 0.3) is 5.56 Å². The van der Waals surface area contributed by atoms with Crippen molar-refractivity contribution in [2.75, 3.05) is 6.61 Å². The van der Waals surface area contributed by atoms with Gasteiger partial charge in [-0.1, -0.05) is 0 Å². The minimum absolute atomic E-state index is 0.00389. The molecule has 0 aromatic carbocycles. The van der Waals surface area contributed by atoms with E-state index in [-0.39, 0.29) is 30.0 Å². The maximum atomic E-state index is 12.2. The zero-order valence-electron chi connectivity index (χ0n) is 12.4. The minimum Gasteiger partial charge on any atom is -0.376 e. The molecule has 3 rings (SSSR count). The summed E-state index contributed by atoms with van der Waals surface area (Å²) in [6.45, 7) is 3.06. The van der Waals surface area contributed by atoms with Crippen LogP contribution in [0.3, 0.4) is 0 Å². The Labute approximate surface area is 132 Å². The second kappa shape index (κ2) is 6.58. The van der Waals surface area contributed by atoms with Crippen LogP contribution < -0.4 is 10.9 Å². The Balaban J connectivity index is 1.57. The second-order valence-electron chi connectivity index (χ2n) is 5.54. The predicted molar refractivity (Wildman–Crippen MR) is 85.1 cm³/mol. The van der Waals surface area contributed by atoms with Crippen LogP contribution in [-0.4, -0.2) is 34.2 Å². The molecule has 2 aromatic heterocycles. The Morgan fingerprint density at radius 2 is 2.50 bits per heavy atom. The summed E-state index contributed by atoms with van der Waals surface area (Å²) in [6, 6.07) is 1.77. The van der Waals surface area contributed by atoms with Gasteiger partial charge in [-0.2, -0.15) is 0 Å². The number of amides is 1. The summed E-state index contributed by atoms with van der Waals surface area (Å²) in [5.41, 5.74) is -0.0915. The summed E-state index contributed by atoms with van der Waals surface area (Å²) in [7, 11) is 0. The number of rotatable bonds is 5. The third-order valence-electron chi connectivity index (χ3n) is 3.94. The molecule has 2 atom stereocenters. The zero-order chi connectivity index (χ0) is 15.5. The number of hydrogen-bond acceptors (Lipinski definition) is 5. The minimum atomic E-state index is -0.0915. The number of aryl methyl sites for hydroxylation is 1. The van der Waals surface area contributed by atoms with E-state index < -0.39 is 0 Å². The number of carbonyl (C=O) groups excluding carboxylic acids is 1. The van der Waals surface area contributed by atoms with E-state index in [2.05, 4.69) is 10.3 Å². The van der Waals surface area contributed by atoms with E-state index in [9.17, 15) is 9.59 Å². The van der Waals surface area contributed by atoms with E-state index in [1.807, 2.05) is 12.3 Å². The van der Waals surface area contributed by atoms with E-state index in [0.717, 1.165) is 24.3 Å². The number of fused-ring (bicyclic) bond motifs is 1. The number of nitrogens with zero attached hydrogens (tertiary/aromatic N) is 2. The van der Waals surface area contributed by atoms with Crippen molar-refractivity contribution in [3.63, 3.8) is 0 Å². The van der Waals surface area contributed by atoms with Crippen LogP contribution in [0.1, 0.15) is 26.2 Å². The molecule has 7 heteroatoms. The van der Waals surface area contributed by atoms with Gasteiger partial charge in [0.1, 0.15) is 4.83 Å². The van der Waals surface area contributed by atoms with Gasteiger partial charge in [-0.25, -0.2) is 4.98 Å². The predicted octanol–water partition coefficient (Wildman–Crippen LogP) is 1.53. The highest BCUT2D eigenvalue weighted by Gasteiger charge is 2.23. The third-order valence-corrected chi connectivity index (χ3v) is 4.76. The van der Waals surface area contributed by atoms with Gasteiger partial charge in [0, 0.05) is 19.6 Å². The summed E-state index contributed by atoms with van der Waals surface area (Å²) >= 11 is 1.44. The van der Waals surface area contributed by atoms with Crippen molar-refractivity contribution < 1.29 is 9.53 Å². The quantitative estimate of drug-likeness (QED) is 0.906. The molecule has 22 heavy (non-hydrogen) atoms. The lowest BCUT2D eigenvalue weighted by atomic mass is 10.1. The highest BCUT2D eigenvalue weighted by Crippen LogP contribution is 2.15. The highest BCUT2D eigenvalue weighted by molar-refractivity contribution is 7.16. The molecule has 118 valence electrons. The number of ether oxygens (including phenoxy) is 1. The molecular weight excluding hydrogens is 302 g/mol. The van der Waals surface area contributed by atoms with Crippen LogP contribution in [0.2, 0.25) is 0 Å². The zero-order valence-corrected chi connectivity index (χ0v) is 13.3. The maximum absolute atomic E-state index is 12.2. The first-order valence-corrected chi connectivity index (χ1v) is 8.37. The molecule has 1 fully saturated rings. The molecule has 0 bridgehead atoms. The van der Waals surface area contributed by atoms with E-state index in [4.69, 9.17) is 4.74 Å². The molecule has 1 N–H and O–H groups in total. The lowest BCUT2D eigenvalue weighted by Gasteiger charge is -2.20. The van der Waals surface area contributed by atoms with Crippen molar-refractivity contribution in [2.45, 2.75) is 44.9 Å². The van der Waals surface area contributed by atoms with E-state index in [1.165, 1.54) is 22.2 Å². The number of carbonyl (C=O) groups is 1. The lowest BCUT2D eigenvalue weighted by molar-refractivity contribution is -0.122. The Morgan fingerprint density at radius 1 is 1.64 bits per heavy atom. The van der Waals surface area contributed by atoms with Crippen LogP contribution in [-0.2, 0) is 16.1 Å². The van der Waals surface area contributed by atoms with Crippen LogP contribution in [0.15, 0.2) is 22.6 Å². The largest absolute Gasteiger partial charge is 0.376 e. The molecule has 0 unspecified atom stereocenters. The summed E-state index contributed by atoms with van der Waals surface area (Å²) in [4.78, 5) is 29.2. The van der Waals surface area contributed by atoms with Crippen LogP contribution in [0.25, 0.3) is 10.2 Å². The van der Waals surface area contributed by atoms with Crippen molar-refractivity contribution in [2.24, 2.45) is 0 Å². The second-order valence-corrected chi connectivity index (χ2v) is 6.43. The summed E-state index contributed by atoms with van der Waals surface area (Å²) < 4.78 is 7.05. The fraction of sp³-hybridized carbons (Fsp3) is 0.533. The molecule has 0 radical (unpaired) electrons. The first-order valence-electron chi connectivity index (χ1n) is 7.49. The third kappa shape index (κ3) is 3.20. The van der Waals surface area contributed by atoms with Gasteiger partial charge in [0.2, 0.25) is 5.91 Å². The Morgan fingerprint density at radius 3 is 3.27 bits per heavy atom. The SMILES string of the molecule is C[C@@H](NC(=O)CCn1cnc2sccc2c1=O)[C@@H]1CCCO1. The molecule has 1 saturated heterocycles.